The first kappa shape index (κ1) is 16.2. The van der Waals surface area contributed by atoms with Gasteiger partial charge < -0.3 is 15.6 Å². The van der Waals surface area contributed by atoms with Gasteiger partial charge >= 0.3 is 0 Å². The maximum Gasteiger partial charge on any atom is 0.251 e. The molecule has 0 aliphatic heterocycles. The van der Waals surface area contributed by atoms with Crippen molar-refractivity contribution < 1.29 is 14.1 Å². The largest absolute Gasteiger partial charge is 0.368 e. The Morgan fingerprint density at radius 2 is 2.08 bits per heavy atom. The van der Waals surface area contributed by atoms with E-state index in [0.717, 1.165) is 12.8 Å². The number of nitrogens with zero attached hydrogens (tertiary/aromatic N) is 2. The molecular weight excluding hydrogens is 308 g/mol. The molecule has 3 N–H and O–H groups in total. The summed E-state index contributed by atoms with van der Waals surface area (Å²) in [4.78, 5) is 28.2. The van der Waals surface area contributed by atoms with Gasteiger partial charge in [-0.05, 0) is 30.9 Å². The quantitative estimate of drug-likeness (QED) is 0.840. The zero-order valence-corrected chi connectivity index (χ0v) is 13.7. The van der Waals surface area contributed by atoms with Crippen LogP contribution in [0.1, 0.15) is 48.9 Å². The van der Waals surface area contributed by atoms with Gasteiger partial charge in [-0.3, -0.25) is 9.59 Å². The molecule has 1 fully saturated rings. The van der Waals surface area contributed by atoms with E-state index in [4.69, 9.17) is 10.3 Å². The van der Waals surface area contributed by atoms with Crippen LogP contribution in [0.15, 0.2) is 28.8 Å². The van der Waals surface area contributed by atoms with Gasteiger partial charge in [0, 0.05) is 17.0 Å². The van der Waals surface area contributed by atoms with E-state index in [1.807, 2.05) is 19.9 Å². The van der Waals surface area contributed by atoms with E-state index in [0.29, 0.717) is 28.8 Å². The lowest BCUT2D eigenvalue weighted by Crippen LogP contribution is -2.47. The van der Waals surface area contributed by atoms with E-state index in [-0.39, 0.29) is 11.8 Å². The van der Waals surface area contributed by atoms with E-state index in [1.54, 1.807) is 18.2 Å². The van der Waals surface area contributed by atoms with Crippen LogP contribution in [0.25, 0.3) is 11.4 Å². The van der Waals surface area contributed by atoms with Crippen LogP contribution in [-0.2, 0) is 4.79 Å². The second kappa shape index (κ2) is 6.43. The van der Waals surface area contributed by atoms with Crippen molar-refractivity contribution >= 4 is 11.8 Å². The summed E-state index contributed by atoms with van der Waals surface area (Å²) in [5.74, 6) is 0.477. The van der Waals surface area contributed by atoms with E-state index in [9.17, 15) is 9.59 Å². The van der Waals surface area contributed by atoms with Crippen LogP contribution in [0.2, 0.25) is 0 Å². The first-order chi connectivity index (χ1) is 11.5. The molecule has 0 bridgehead atoms. The van der Waals surface area contributed by atoms with Gasteiger partial charge in [0.2, 0.25) is 17.6 Å². The molecule has 126 valence electrons. The molecule has 3 rings (SSSR count). The van der Waals surface area contributed by atoms with Gasteiger partial charge in [0.05, 0.1) is 0 Å². The number of nitrogens with one attached hydrogen (secondary N) is 1. The number of aromatic nitrogens is 2. The Morgan fingerprint density at radius 1 is 1.33 bits per heavy atom. The molecule has 2 aromatic rings. The molecule has 1 heterocycles. The highest BCUT2D eigenvalue weighted by molar-refractivity contribution is 5.98. The molecule has 1 aromatic heterocycles. The third kappa shape index (κ3) is 3.45. The molecule has 1 aliphatic carbocycles. The van der Waals surface area contributed by atoms with Crippen LogP contribution in [0.3, 0.4) is 0 Å². The highest BCUT2D eigenvalue weighted by atomic mass is 16.5. The Labute approximate surface area is 139 Å². The average Bonchev–Trinajstić information content (AvgIpc) is 3.29. The number of nitrogens with two attached hydrogens (primary N) is 1. The first-order valence-electron chi connectivity index (χ1n) is 8.00. The van der Waals surface area contributed by atoms with Crippen molar-refractivity contribution in [2.45, 2.75) is 38.6 Å². The summed E-state index contributed by atoms with van der Waals surface area (Å²) in [7, 11) is 0. The van der Waals surface area contributed by atoms with Crippen molar-refractivity contribution in [2.75, 3.05) is 0 Å². The Bertz CT molecular complexity index is 765. The van der Waals surface area contributed by atoms with Crippen LogP contribution >= 0.6 is 0 Å². The molecule has 1 aromatic carbocycles. The molecule has 0 radical (unpaired) electrons. The van der Waals surface area contributed by atoms with Gasteiger partial charge in [-0.2, -0.15) is 4.98 Å². The van der Waals surface area contributed by atoms with Crippen LogP contribution in [-0.4, -0.2) is 28.0 Å². The normalized spacial score (nSPS) is 15.3. The zero-order valence-electron chi connectivity index (χ0n) is 13.7. The minimum atomic E-state index is -0.715. The fraction of sp³-hybridized carbons (Fsp3) is 0.412. The highest BCUT2D eigenvalue weighted by Crippen LogP contribution is 2.39. The Balaban J connectivity index is 1.78. The first-order valence-corrected chi connectivity index (χ1v) is 8.00. The number of primary amides is 1. The molecule has 24 heavy (non-hydrogen) atoms. The summed E-state index contributed by atoms with van der Waals surface area (Å²) >= 11 is 0. The van der Waals surface area contributed by atoms with Crippen LogP contribution < -0.4 is 11.1 Å². The third-order valence-corrected chi connectivity index (χ3v) is 4.01. The molecule has 2 amide bonds. The summed E-state index contributed by atoms with van der Waals surface area (Å²) in [6.07, 6.45) is 2.15. The van der Waals surface area contributed by atoms with Crippen molar-refractivity contribution in [3.63, 3.8) is 0 Å². The van der Waals surface area contributed by atoms with Crippen molar-refractivity contribution in [3.8, 4) is 11.4 Å². The van der Waals surface area contributed by atoms with E-state index in [1.165, 1.54) is 0 Å². The molecule has 0 unspecified atom stereocenters. The van der Waals surface area contributed by atoms with Crippen LogP contribution in [0.5, 0.6) is 0 Å². The average molecular weight is 328 g/mol. The molecule has 7 heteroatoms. The smallest absolute Gasteiger partial charge is 0.251 e. The minimum Gasteiger partial charge on any atom is -0.368 e. The van der Waals surface area contributed by atoms with Gasteiger partial charge in [-0.15, -0.1) is 0 Å². The lowest BCUT2D eigenvalue weighted by atomic mass is 10.0. The lowest BCUT2D eigenvalue weighted by molar-refractivity contribution is -0.120. The van der Waals surface area contributed by atoms with Gasteiger partial charge in [0.25, 0.3) is 5.91 Å². The summed E-state index contributed by atoms with van der Waals surface area (Å²) in [6.45, 7) is 3.65. The molecule has 1 aliphatic rings. The van der Waals surface area contributed by atoms with E-state index in [2.05, 4.69) is 15.5 Å². The summed E-state index contributed by atoms with van der Waals surface area (Å²) in [5.41, 5.74) is 6.44. The Kier molecular flexibility index (Phi) is 4.33. The minimum absolute atomic E-state index is 0.0899. The number of hydrogen-bond donors (Lipinski definition) is 2. The maximum atomic E-state index is 12.4. The van der Waals surface area contributed by atoms with E-state index >= 15 is 0 Å². The molecular formula is C17H20N4O3. The van der Waals surface area contributed by atoms with E-state index < -0.39 is 11.9 Å². The number of carbonyl (C=O) groups is 2. The van der Waals surface area contributed by atoms with Gasteiger partial charge in [-0.25, -0.2) is 0 Å². The van der Waals surface area contributed by atoms with Crippen molar-refractivity contribution in [2.24, 2.45) is 11.7 Å². The number of carbonyl (C=O) groups excluding carboxylic acids is 2. The number of hydrogen-bond acceptors (Lipinski definition) is 5. The second-order valence-electron chi connectivity index (χ2n) is 6.41. The molecule has 7 nitrogen and oxygen atoms in total. The molecule has 1 atom stereocenters. The van der Waals surface area contributed by atoms with Gasteiger partial charge in [-0.1, -0.05) is 31.1 Å². The number of amides is 2. The van der Waals surface area contributed by atoms with Gasteiger partial charge in [0.1, 0.15) is 6.04 Å². The monoisotopic (exact) mass is 328 g/mol. The maximum absolute atomic E-state index is 12.4. The number of benzene rings is 1. The molecule has 0 saturated heterocycles. The number of rotatable bonds is 6. The van der Waals surface area contributed by atoms with Crippen LogP contribution in [0, 0.1) is 5.92 Å². The standard InChI is InChI=1S/C17H20N4O3/c1-9(2)13(14(18)22)19-16(23)12-5-3-4-11(8-12)15-20-17(24-21-15)10-6-7-10/h3-5,8-10,13H,6-7H2,1-2H3,(H2,18,22)(H,19,23)/t13-/m1/s1. The second-order valence-corrected chi connectivity index (χ2v) is 6.41. The fourth-order valence-electron chi connectivity index (χ4n) is 2.44. The molecule has 0 spiro atoms. The van der Waals surface area contributed by atoms with Crippen molar-refractivity contribution in [3.05, 3.63) is 35.7 Å². The Morgan fingerprint density at radius 3 is 2.71 bits per heavy atom. The Hall–Kier alpha value is -2.70. The predicted octanol–water partition coefficient (Wildman–Crippen LogP) is 1.85. The fourth-order valence-corrected chi connectivity index (χ4v) is 2.44. The summed E-state index contributed by atoms with van der Waals surface area (Å²) in [5, 5.41) is 6.64. The summed E-state index contributed by atoms with van der Waals surface area (Å²) < 4.78 is 5.25. The zero-order chi connectivity index (χ0) is 17.3. The SMILES string of the molecule is CC(C)[C@@H](NC(=O)c1cccc(-c2noc(C3CC3)n2)c1)C(N)=O. The lowest BCUT2D eigenvalue weighted by Gasteiger charge is -2.19. The van der Waals surface area contributed by atoms with Crippen LogP contribution in [0.4, 0.5) is 0 Å². The molecule has 1 saturated carbocycles. The van der Waals surface area contributed by atoms with Crippen molar-refractivity contribution in [1.29, 1.82) is 0 Å². The summed E-state index contributed by atoms with van der Waals surface area (Å²) in [6, 6.07) is 6.18. The topological polar surface area (TPSA) is 111 Å². The van der Waals surface area contributed by atoms with Gasteiger partial charge in [0.15, 0.2) is 0 Å². The third-order valence-electron chi connectivity index (χ3n) is 4.01. The van der Waals surface area contributed by atoms with Crippen molar-refractivity contribution in [1.82, 2.24) is 15.5 Å². The highest BCUT2D eigenvalue weighted by Gasteiger charge is 2.30. The predicted molar refractivity (Wildman–Crippen MR) is 87.0 cm³/mol.